The van der Waals surface area contributed by atoms with Crippen LogP contribution in [0.2, 0.25) is 0 Å². The van der Waals surface area contributed by atoms with Crippen molar-refractivity contribution in [3.63, 3.8) is 0 Å². The SMILES string of the molecule is FC(F)(F)Oc1ccccc1CNCCc1ncc[nH]1. The van der Waals surface area contributed by atoms with Crippen molar-refractivity contribution in [1.82, 2.24) is 15.3 Å². The van der Waals surface area contributed by atoms with Gasteiger partial charge in [-0.2, -0.15) is 0 Å². The molecule has 0 amide bonds. The zero-order valence-corrected chi connectivity index (χ0v) is 10.6. The van der Waals surface area contributed by atoms with Gasteiger partial charge >= 0.3 is 6.36 Å². The van der Waals surface area contributed by atoms with Gasteiger partial charge < -0.3 is 15.0 Å². The Bertz CT molecular complexity index is 526. The van der Waals surface area contributed by atoms with E-state index in [1.807, 2.05) is 0 Å². The number of hydrogen-bond acceptors (Lipinski definition) is 3. The van der Waals surface area contributed by atoms with Gasteiger partial charge in [-0.15, -0.1) is 13.2 Å². The van der Waals surface area contributed by atoms with Crippen LogP contribution in [0.1, 0.15) is 11.4 Å². The molecule has 108 valence electrons. The molecule has 4 nitrogen and oxygen atoms in total. The molecule has 2 rings (SSSR count). The molecule has 0 saturated heterocycles. The second kappa shape index (κ2) is 6.42. The van der Waals surface area contributed by atoms with E-state index >= 15 is 0 Å². The molecule has 1 heterocycles. The minimum atomic E-state index is -4.68. The Kier molecular flexibility index (Phi) is 4.62. The monoisotopic (exact) mass is 285 g/mol. The van der Waals surface area contributed by atoms with Crippen molar-refractivity contribution >= 4 is 0 Å². The zero-order valence-electron chi connectivity index (χ0n) is 10.6. The number of halogens is 3. The van der Waals surface area contributed by atoms with Crippen LogP contribution in [0.4, 0.5) is 13.2 Å². The predicted octanol–water partition coefficient (Wildman–Crippen LogP) is 2.64. The van der Waals surface area contributed by atoms with E-state index in [-0.39, 0.29) is 5.75 Å². The molecule has 1 aromatic heterocycles. The Hall–Kier alpha value is -2.02. The summed E-state index contributed by atoms with van der Waals surface area (Å²) < 4.78 is 40.7. The topological polar surface area (TPSA) is 49.9 Å². The first-order chi connectivity index (χ1) is 9.54. The van der Waals surface area contributed by atoms with Crippen LogP contribution in [-0.4, -0.2) is 22.9 Å². The lowest BCUT2D eigenvalue weighted by molar-refractivity contribution is -0.274. The van der Waals surface area contributed by atoms with Crippen molar-refractivity contribution < 1.29 is 17.9 Å². The molecule has 0 fully saturated rings. The van der Waals surface area contributed by atoms with Gasteiger partial charge in [0.25, 0.3) is 0 Å². The van der Waals surface area contributed by atoms with Gasteiger partial charge in [0.05, 0.1) is 0 Å². The van der Waals surface area contributed by atoms with E-state index < -0.39 is 6.36 Å². The minimum Gasteiger partial charge on any atom is -0.405 e. The molecule has 0 saturated carbocycles. The number of aromatic nitrogens is 2. The van der Waals surface area contributed by atoms with Crippen molar-refractivity contribution in [2.45, 2.75) is 19.3 Å². The third-order valence-electron chi connectivity index (χ3n) is 2.61. The average Bonchev–Trinajstić information content (AvgIpc) is 2.88. The number of nitrogens with zero attached hydrogens (tertiary/aromatic N) is 1. The first kappa shape index (κ1) is 14.4. The second-order valence-electron chi connectivity index (χ2n) is 4.12. The lowest BCUT2D eigenvalue weighted by Crippen LogP contribution is -2.21. The standard InChI is InChI=1S/C13H14F3N3O/c14-13(15,16)20-11-4-2-1-3-10(11)9-17-6-5-12-18-7-8-19-12/h1-4,7-8,17H,5-6,9H2,(H,18,19). The molecule has 0 aliphatic rings. The Labute approximate surface area is 114 Å². The fourth-order valence-corrected chi connectivity index (χ4v) is 1.74. The molecule has 0 aliphatic heterocycles. The lowest BCUT2D eigenvalue weighted by Gasteiger charge is -2.13. The van der Waals surface area contributed by atoms with Crippen molar-refractivity contribution in [3.8, 4) is 5.75 Å². The fraction of sp³-hybridized carbons (Fsp3) is 0.308. The number of nitrogens with one attached hydrogen (secondary N) is 2. The zero-order chi connectivity index (χ0) is 14.4. The number of aromatic amines is 1. The number of para-hydroxylation sites is 1. The van der Waals surface area contributed by atoms with Crippen molar-refractivity contribution in [2.24, 2.45) is 0 Å². The summed E-state index contributed by atoms with van der Waals surface area (Å²) in [6.07, 6.45) is -0.622. The molecule has 0 bridgehead atoms. The molecule has 2 aromatic rings. The summed E-state index contributed by atoms with van der Waals surface area (Å²) in [5, 5.41) is 3.06. The third-order valence-corrected chi connectivity index (χ3v) is 2.61. The maximum atomic E-state index is 12.2. The maximum absolute atomic E-state index is 12.2. The highest BCUT2D eigenvalue weighted by atomic mass is 19.4. The van der Waals surface area contributed by atoms with Crippen LogP contribution in [0.25, 0.3) is 0 Å². The number of imidazole rings is 1. The molecular weight excluding hydrogens is 271 g/mol. The van der Waals surface area contributed by atoms with Crippen LogP contribution in [0.3, 0.4) is 0 Å². The summed E-state index contributed by atoms with van der Waals surface area (Å²) >= 11 is 0. The number of ether oxygens (including phenoxy) is 1. The molecular formula is C13H14F3N3O. The summed E-state index contributed by atoms with van der Waals surface area (Å²) in [4.78, 5) is 7.01. The van der Waals surface area contributed by atoms with Crippen molar-refractivity contribution in [2.75, 3.05) is 6.54 Å². The molecule has 0 aliphatic carbocycles. The van der Waals surface area contributed by atoms with Crippen molar-refractivity contribution in [3.05, 3.63) is 48.0 Å². The Morgan fingerprint density at radius 2 is 2.05 bits per heavy atom. The third kappa shape index (κ3) is 4.58. The quantitative estimate of drug-likeness (QED) is 0.802. The number of H-pyrrole nitrogens is 1. The highest BCUT2D eigenvalue weighted by molar-refractivity contribution is 5.33. The van der Waals surface area contributed by atoms with E-state index in [4.69, 9.17) is 0 Å². The number of rotatable bonds is 6. The largest absolute Gasteiger partial charge is 0.573 e. The van der Waals surface area contributed by atoms with Crippen LogP contribution >= 0.6 is 0 Å². The van der Waals surface area contributed by atoms with E-state index in [2.05, 4.69) is 20.0 Å². The van der Waals surface area contributed by atoms with Gasteiger partial charge in [-0.25, -0.2) is 4.98 Å². The number of benzene rings is 1. The molecule has 7 heteroatoms. The first-order valence-corrected chi connectivity index (χ1v) is 6.07. The maximum Gasteiger partial charge on any atom is 0.573 e. The highest BCUT2D eigenvalue weighted by Crippen LogP contribution is 2.25. The normalized spacial score (nSPS) is 11.6. The van der Waals surface area contributed by atoms with Crippen molar-refractivity contribution in [1.29, 1.82) is 0 Å². The summed E-state index contributed by atoms with van der Waals surface area (Å²) in [6.45, 7) is 0.904. The van der Waals surface area contributed by atoms with E-state index in [1.165, 1.54) is 12.1 Å². The van der Waals surface area contributed by atoms with Gasteiger partial charge in [0.15, 0.2) is 0 Å². The Balaban J connectivity index is 1.86. The summed E-state index contributed by atoms with van der Waals surface area (Å²) in [5.74, 6) is 0.655. The van der Waals surface area contributed by atoms with Gasteiger partial charge in [-0.1, -0.05) is 18.2 Å². The molecule has 20 heavy (non-hydrogen) atoms. The smallest absolute Gasteiger partial charge is 0.405 e. The number of alkyl halides is 3. The second-order valence-corrected chi connectivity index (χ2v) is 4.12. The predicted molar refractivity (Wildman–Crippen MR) is 67.1 cm³/mol. The molecule has 0 radical (unpaired) electrons. The molecule has 0 unspecified atom stereocenters. The van der Waals surface area contributed by atoms with Gasteiger partial charge in [0, 0.05) is 37.5 Å². The first-order valence-electron chi connectivity index (χ1n) is 6.07. The Morgan fingerprint density at radius 1 is 1.25 bits per heavy atom. The lowest BCUT2D eigenvalue weighted by atomic mass is 10.2. The van der Waals surface area contributed by atoms with E-state index in [9.17, 15) is 13.2 Å². The molecule has 0 atom stereocenters. The highest BCUT2D eigenvalue weighted by Gasteiger charge is 2.31. The van der Waals surface area contributed by atoms with Gasteiger partial charge in [0.1, 0.15) is 11.6 Å². The Morgan fingerprint density at radius 3 is 2.75 bits per heavy atom. The summed E-state index contributed by atoms with van der Waals surface area (Å²) in [5.41, 5.74) is 0.462. The average molecular weight is 285 g/mol. The van der Waals surface area contributed by atoms with Gasteiger partial charge in [-0.05, 0) is 6.07 Å². The fourth-order valence-electron chi connectivity index (χ4n) is 1.74. The summed E-state index contributed by atoms with van der Waals surface area (Å²) in [7, 11) is 0. The van der Waals surface area contributed by atoms with Gasteiger partial charge in [-0.3, -0.25) is 0 Å². The van der Waals surface area contributed by atoms with Crippen LogP contribution < -0.4 is 10.1 Å². The molecule has 1 aromatic carbocycles. The molecule has 2 N–H and O–H groups in total. The van der Waals surface area contributed by atoms with Crippen LogP contribution in [-0.2, 0) is 13.0 Å². The van der Waals surface area contributed by atoms with E-state index in [1.54, 1.807) is 24.5 Å². The van der Waals surface area contributed by atoms with E-state index in [0.717, 1.165) is 5.82 Å². The van der Waals surface area contributed by atoms with Crippen LogP contribution in [0.5, 0.6) is 5.75 Å². The van der Waals surface area contributed by atoms with Crippen LogP contribution in [0.15, 0.2) is 36.7 Å². The molecule has 0 spiro atoms. The number of hydrogen-bond donors (Lipinski definition) is 2. The minimum absolute atomic E-state index is 0.175. The van der Waals surface area contributed by atoms with E-state index in [0.29, 0.717) is 25.1 Å². The summed E-state index contributed by atoms with van der Waals surface area (Å²) in [6, 6.07) is 6.08. The van der Waals surface area contributed by atoms with Crippen LogP contribution in [0, 0.1) is 0 Å². The van der Waals surface area contributed by atoms with Gasteiger partial charge in [0.2, 0.25) is 0 Å².